The average molecular weight is 278 g/mol. The Bertz CT molecular complexity index is 456. The zero-order valence-corrected chi connectivity index (χ0v) is 11.8. The largest absolute Gasteiger partial charge is 0.508 e. The van der Waals surface area contributed by atoms with Crippen molar-refractivity contribution >= 4 is 5.97 Å². The summed E-state index contributed by atoms with van der Waals surface area (Å²) in [6.07, 6.45) is 0.203. The normalized spacial score (nSPS) is 18.9. The van der Waals surface area contributed by atoms with Crippen molar-refractivity contribution in [2.45, 2.75) is 19.4 Å². The van der Waals surface area contributed by atoms with E-state index in [0.29, 0.717) is 12.3 Å². The number of phenols is 1. The predicted octanol–water partition coefficient (Wildman–Crippen LogP) is 1.55. The second kappa shape index (κ2) is 6.72. The van der Waals surface area contributed by atoms with Crippen molar-refractivity contribution in [2.75, 3.05) is 32.7 Å². The van der Waals surface area contributed by atoms with Crippen molar-refractivity contribution in [3.63, 3.8) is 0 Å². The van der Waals surface area contributed by atoms with Crippen molar-refractivity contribution in [2.24, 2.45) is 0 Å². The number of carbonyl (C=O) groups is 1. The molecule has 0 radical (unpaired) electrons. The van der Waals surface area contributed by atoms with Gasteiger partial charge in [0.15, 0.2) is 0 Å². The molecule has 0 spiro atoms. The van der Waals surface area contributed by atoms with Gasteiger partial charge in [0.2, 0.25) is 0 Å². The van der Waals surface area contributed by atoms with Gasteiger partial charge in [-0.3, -0.25) is 9.69 Å². The van der Waals surface area contributed by atoms with Crippen LogP contribution in [0, 0.1) is 0 Å². The average Bonchev–Trinajstić information content (AvgIpc) is 2.45. The van der Waals surface area contributed by atoms with Crippen molar-refractivity contribution in [3.05, 3.63) is 29.8 Å². The number of hydrogen-bond donors (Lipinski definition) is 2. The third kappa shape index (κ3) is 3.71. The lowest BCUT2D eigenvalue weighted by Gasteiger charge is -2.38. The lowest BCUT2D eigenvalue weighted by Crippen LogP contribution is -2.47. The van der Waals surface area contributed by atoms with Crippen LogP contribution in [0.3, 0.4) is 0 Å². The molecule has 5 nitrogen and oxygen atoms in total. The van der Waals surface area contributed by atoms with Crippen LogP contribution < -0.4 is 0 Å². The summed E-state index contributed by atoms with van der Waals surface area (Å²) in [5.74, 6) is -0.400. The Hall–Kier alpha value is -1.59. The van der Waals surface area contributed by atoms with E-state index < -0.39 is 5.97 Å². The lowest BCUT2D eigenvalue weighted by molar-refractivity contribution is -0.137. The van der Waals surface area contributed by atoms with E-state index in [0.717, 1.165) is 31.7 Å². The molecular weight excluding hydrogens is 256 g/mol. The van der Waals surface area contributed by atoms with E-state index in [9.17, 15) is 9.90 Å². The number of rotatable bonds is 5. The van der Waals surface area contributed by atoms with Gasteiger partial charge in [-0.1, -0.05) is 18.2 Å². The molecule has 1 fully saturated rings. The molecular formula is C15H22N2O3. The summed E-state index contributed by atoms with van der Waals surface area (Å²) in [4.78, 5) is 15.1. The minimum absolute atomic E-state index is 0.179. The second-order valence-corrected chi connectivity index (χ2v) is 5.26. The van der Waals surface area contributed by atoms with Crippen molar-refractivity contribution in [3.8, 4) is 5.75 Å². The number of aromatic hydroxyl groups is 1. The molecule has 0 saturated carbocycles. The summed E-state index contributed by atoms with van der Waals surface area (Å²) in [5, 5.41) is 18.6. The monoisotopic (exact) mass is 278 g/mol. The van der Waals surface area contributed by atoms with Crippen LogP contribution in [0.25, 0.3) is 0 Å². The summed E-state index contributed by atoms with van der Waals surface area (Å²) >= 11 is 0. The molecule has 0 aromatic heterocycles. The van der Waals surface area contributed by atoms with E-state index in [1.165, 1.54) is 0 Å². The molecule has 20 heavy (non-hydrogen) atoms. The number of nitrogens with zero attached hydrogens (tertiary/aromatic N) is 2. The number of benzene rings is 1. The highest BCUT2D eigenvalue weighted by atomic mass is 16.4. The summed E-state index contributed by atoms with van der Waals surface area (Å²) in [6, 6.07) is 7.62. The summed E-state index contributed by atoms with van der Waals surface area (Å²) < 4.78 is 0. The van der Waals surface area contributed by atoms with Crippen molar-refractivity contribution in [1.29, 1.82) is 0 Å². The minimum Gasteiger partial charge on any atom is -0.508 e. The van der Waals surface area contributed by atoms with E-state index in [-0.39, 0.29) is 12.5 Å². The lowest BCUT2D eigenvalue weighted by atomic mass is 10.0. The number of carboxylic acids is 1. The predicted molar refractivity (Wildman–Crippen MR) is 76.8 cm³/mol. The molecule has 1 atom stereocenters. The van der Waals surface area contributed by atoms with Crippen LogP contribution in [0.2, 0.25) is 0 Å². The number of hydrogen-bond acceptors (Lipinski definition) is 4. The molecule has 1 aromatic carbocycles. The zero-order chi connectivity index (χ0) is 14.5. The molecule has 0 aliphatic carbocycles. The Kier molecular flexibility index (Phi) is 4.98. The third-order valence-corrected chi connectivity index (χ3v) is 3.98. The number of piperazine rings is 1. The molecule has 1 aliphatic heterocycles. The van der Waals surface area contributed by atoms with Gasteiger partial charge in [-0.25, -0.2) is 0 Å². The minimum atomic E-state index is -0.741. The fourth-order valence-electron chi connectivity index (χ4n) is 2.67. The van der Waals surface area contributed by atoms with E-state index >= 15 is 0 Å². The van der Waals surface area contributed by atoms with Gasteiger partial charge in [-0.05, 0) is 13.0 Å². The Morgan fingerprint density at radius 3 is 2.50 bits per heavy atom. The maximum Gasteiger partial charge on any atom is 0.304 e. The first-order chi connectivity index (χ1) is 9.58. The van der Waals surface area contributed by atoms with Gasteiger partial charge in [-0.15, -0.1) is 0 Å². The van der Waals surface area contributed by atoms with Crippen LogP contribution in [0.5, 0.6) is 5.75 Å². The molecule has 1 aromatic rings. The third-order valence-electron chi connectivity index (χ3n) is 3.98. The summed E-state index contributed by atoms with van der Waals surface area (Å²) in [7, 11) is 0. The highest BCUT2D eigenvalue weighted by molar-refractivity contribution is 5.66. The van der Waals surface area contributed by atoms with Gasteiger partial charge < -0.3 is 15.1 Å². The fraction of sp³-hybridized carbons (Fsp3) is 0.533. The quantitative estimate of drug-likeness (QED) is 0.855. The Balaban J connectivity index is 1.87. The SMILES string of the molecule is CC(c1ccccc1O)N1CCN(CCC(=O)O)CC1. The van der Waals surface area contributed by atoms with E-state index in [2.05, 4.69) is 16.7 Å². The van der Waals surface area contributed by atoms with E-state index in [1.807, 2.05) is 18.2 Å². The van der Waals surface area contributed by atoms with Gasteiger partial charge >= 0.3 is 5.97 Å². The molecule has 1 heterocycles. The Morgan fingerprint density at radius 1 is 1.25 bits per heavy atom. The fourth-order valence-corrected chi connectivity index (χ4v) is 2.67. The molecule has 2 rings (SSSR count). The first kappa shape index (κ1) is 14.8. The molecule has 0 amide bonds. The molecule has 2 N–H and O–H groups in total. The van der Waals surface area contributed by atoms with Gasteiger partial charge in [-0.2, -0.15) is 0 Å². The van der Waals surface area contributed by atoms with Gasteiger partial charge in [0, 0.05) is 44.3 Å². The van der Waals surface area contributed by atoms with Crippen LogP contribution in [-0.2, 0) is 4.79 Å². The Labute approximate surface area is 119 Å². The number of para-hydroxylation sites is 1. The molecule has 0 bridgehead atoms. The Morgan fingerprint density at radius 2 is 1.90 bits per heavy atom. The molecule has 110 valence electrons. The highest BCUT2D eigenvalue weighted by Gasteiger charge is 2.23. The van der Waals surface area contributed by atoms with Crippen LogP contribution in [0.1, 0.15) is 24.9 Å². The second-order valence-electron chi connectivity index (χ2n) is 5.26. The molecule has 1 unspecified atom stereocenters. The first-order valence-corrected chi connectivity index (χ1v) is 7.04. The maximum absolute atomic E-state index is 10.6. The van der Waals surface area contributed by atoms with Crippen LogP contribution in [0.15, 0.2) is 24.3 Å². The van der Waals surface area contributed by atoms with Gasteiger partial charge in [0.05, 0.1) is 6.42 Å². The first-order valence-electron chi connectivity index (χ1n) is 7.04. The number of phenolic OH excluding ortho intramolecular Hbond substituents is 1. The number of aliphatic carboxylic acids is 1. The van der Waals surface area contributed by atoms with Gasteiger partial charge in [0.1, 0.15) is 5.75 Å². The maximum atomic E-state index is 10.6. The molecule has 5 heteroatoms. The summed E-state index contributed by atoms with van der Waals surface area (Å²) in [5.41, 5.74) is 0.950. The zero-order valence-electron chi connectivity index (χ0n) is 11.8. The van der Waals surface area contributed by atoms with Gasteiger partial charge in [0.25, 0.3) is 0 Å². The van der Waals surface area contributed by atoms with Crippen LogP contribution in [-0.4, -0.2) is 58.7 Å². The van der Waals surface area contributed by atoms with Crippen molar-refractivity contribution in [1.82, 2.24) is 9.80 Å². The summed E-state index contributed by atoms with van der Waals surface area (Å²) in [6.45, 7) is 6.27. The topological polar surface area (TPSA) is 64.0 Å². The van der Waals surface area contributed by atoms with E-state index in [4.69, 9.17) is 5.11 Å². The number of carboxylic acid groups (broad SMARTS) is 1. The smallest absolute Gasteiger partial charge is 0.304 e. The van der Waals surface area contributed by atoms with Crippen molar-refractivity contribution < 1.29 is 15.0 Å². The van der Waals surface area contributed by atoms with Crippen LogP contribution >= 0.6 is 0 Å². The van der Waals surface area contributed by atoms with E-state index in [1.54, 1.807) is 6.07 Å². The highest BCUT2D eigenvalue weighted by Crippen LogP contribution is 2.28. The molecule has 1 saturated heterocycles. The molecule has 1 aliphatic rings. The van der Waals surface area contributed by atoms with Crippen LogP contribution in [0.4, 0.5) is 0 Å². The standard InChI is InChI=1S/C15H22N2O3/c1-12(13-4-2-3-5-14(13)18)17-10-8-16(9-11-17)7-6-15(19)20/h2-5,12,18H,6-11H2,1H3,(H,19,20).